The van der Waals surface area contributed by atoms with Crippen molar-refractivity contribution in [3.8, 4) is 0 Å². The lowest BCUT2D eigenvalue weighted by atomic mass is 9.86. The van der Waals surface area contributed by atoms with Crippen LogP contribution in [0, 0.1) is 17.3 Å². The van der Waals surface area contributed by atoms with Crippen LogP contribution in [0.25, 0.3) is 0 Å². The average molecular weight is 466 g/mol. The number of esters is 1. The van der Waals surface area contributed by atoms with Crippen LogP contribution in [0.5, 0.6) is 0 Å². The molecule has 0 N–H and O–H groups in total. The summed E-state index contributed by atoms with van der Waals surface area (Å²) in [7, 11) is 2.11. The molecular weight excluding hydrogens is 426 g/mol. The van der Waals surface area contributed by atoms with E-state index < -0.39 is 0 Å². The van der Waals surface area contributed by atoms with Gasteiger partial charge in [-0.25, -0.2) is 0 Å². The number of nitrogens with zero attached hydrogens (tertiary/aromatic N) is 3. The molecular formula is C28H39N3O3. The molecule has 184 valence electrons. The molecule has 1 spiro atoms. The first-order valence-electron chi connectivity index (χ1n) is 13.5. The summed E-state index contributed by atoms with van der Waals surface area (Å²) >= 11 is 0. The van der Waals surface area contributed by atoms with Crippen LogP contribution in [-0.2, 0) is 20.9 Å². The predicted molar refractivity (Wildman–Crippen MR) is 130 cm³/mol. The standard InChI is InChI=1S/C28H39N3O3/c1-29-23(22-11-12-22)25(29)26(32)31-16-14-28(19-31)13-15-30(18-28)24(21-9-5-6-10-21)27(33)34-17-20-7-3-2-4-8-20/h2-4,7-8,21-25H,5-6,9-19H2,1H3/t23-,24+,25-,28+,29?/m1/s1. The van der Waals surface area contributed by atoms with Gasteiger partial charge in [-0.2, -0.15) is 0 Å². The quantitative estimate of drug-likeness (QED) is 0.457. The third-order valence-electron chi connectivity index (χ3n) is 9.42. The van der Waals surface area contributed by atoms with E-state index in [1.54, 1.807) is 0 Å². The maximum Gasteiger partial charge on any atom is 0.323 e. The van der Waals surface area contributed by atoms with E-state index in [1.807, 2.05) is 30.3 Å². The largest absolute Gasteiger partial charge is 0.460 e. The minimum atomic E-state index is -0.135. The van der Waals surface area contributed by atoms with Gasteiger partial charge in [0, 0.05) is 31.1 Å². The van der Waals surface area contributed by atoms with Crippen molar-refractivity contribution in [2.24, 2.45) is 17.3 Å². The molecule has 2 aliphatic carbocycles. The molecule has 0 radical (unpaired) electrons. The van der Waals surface area contributed by atoms with E-state index in [2.05, 4.69) is 21.7 Å². The number of likely N-dealkylation sites (tertiary alicyclic amines) is 2. The number of rotatable bonds is 7. The van der Waals surface area contributed by atoms with Crippen LogP contribution in [0.1, 0.15) is 56.9 Å². The van der Waals surface area contributed by atoms with E-state index >= 15 is 0 Å². The zero-order valence-electron chi connectivity index (χ0n) is 20.5. The molecule has 3 aliphatic heterocycles. The fourth-order valence-electron chi connectivity index (χ4n) is 7.29. The lowest BCUT2D eigenvalue weighted by Crippen LogP contribution is -2.46. The van der Waals surface area contributed by atoms with Gasteiger partial charge in [0.05, 0.1) is 0 Å². The first-order valence-corrected chi connectivity index (χ1v) is 13.5. The second kappa shape index (κ2) is 8.94. The van der Waals surface area contributed by atoms with Gasteiger partial charge in [0.1, 0.15) is 18.7 Å². The van der Waals surface area contributed by atoms with Crippen molar-refractivity contribution < 1.29 is 14.3 Å². The van der Waals surface area contributed by atoms with E-state index in [0.717, 1.165) is 63.3 Å². The second-order valence-corrected chi connectivity index (χ2v) is 11.8. The summed E-state index contributed by atoms with van der Waals surface area (Å²) in [5, 5.41) is 0. The molecule has 3 heterocycles. The number of likely N-dealkylation sites (N-methyl/N-ethyl adjacent to an activating group) is 1. The predicted octanol–water partition coefficient (Wildman–Crippen LogP) is 3.31. The van der Waals surface area contributed by atoms with E-state index in [0.29, 0.717) is 24.5 Å². The van der Waals surface area contributed by atoms with Crippen molar-refractivity contribution in [2.45, 2.75) is 76.1 Å². The van der Waals surface area contributed by atoms with Crippen molar-refractivity contribution >= 4 is 11.9 Å². The highest BCUT2D eigenvalue weighted by Crippen LogP contribution is 2.48. The van der Waals surface area contributed by atoms with Crippen molar-refractivity contribution in [2.75, 3.05) is 33.2 Å². The van der Waals surface area contributed by atoms with E-state index in [9.17, 15) is 9.59 Å². The molecule has 5 aliphatic rings. The van der Waals surface area contributed by atoms with Crippen LogP contribution in [-0.4, -0.2) is 77.9 Å². The highest BCUT2D eigenvalue weighted by Gasteiger charge is 2.59. The van der Waals surface area contributed by atoms with Crippen LogP contribution in [0.3, 0.4) is 0 Å². The Morgan fingerprint density at radius 1 is 1.03 bits per heavy atom. The molecule has 1 unspecified atom stereocenters. The Labute approximate surface area is 203 Å². The lowest BCUT2D eigenvalue weighted by Gasteiger charge is -2.32. The Morgan fingerprint density at radius 2 is 1.76 bits per heavy atom. The van der Waals surface area contributed by atoms with Gasteiger partial charge in [-0.15, -0.1) is 0 Å². The number of benzene rings is 1. The number of carbonyl (C=O) groups excluding carboxylic acids is 2. The van der Waals surface area contributed by atoms with Gasteiger partial charge in [-0.3, -0.25) is 19.4 Å². The monoisotopic (exact) mass is 465 g/mol. The molecule has 1 amide bonds. The molecule has 1 aromatic carbocycles. The molecule has 6 nitrogen and oxygen atoms in total. The van der Waals surface area contributed by atoms with Crippen LogP contribution >= 0.6 is 0 Å². The third kappa shape index (κ3) is 4.28. The molecule has 5 fully saturated rings. The zero-order chi connectivity index (χ0) is 23.3. The second-order valence-electron chi connectivity index (χ2n) is 11.8. The maximum atomic E-state index is 13.4. The molecule has 5 atom stereocenters. The van der Waals surface area contributed by atoms with Crippen molar-refractivity contribution in [3.63, 3.8) is 0 Å². The van der Waals surface area contributed by atoms with Gasteiger partial charge in [-0.1, -0.05) is 43.2 Å². The summed E-state index contributed by atoms with van der Waals surface area (Å²) in [6, 6.07) is 10.5. The fraction of sp³-hybridized carbons (Fsp3) is 0.714. The van der Waals surface area contributed by atoms with Crippen molar-refractivity contribution in [1.29, 1.82) is 0 Å². The highest BCUT2D eigenvalue weighted by molar-refractivity contribution is 5.86. The van der Waals surface area contributed by atoms with Gasteiger partial charge >= 0.3 is 5.97 Å². The molecule has 6 rings (SSSR count). The van der Waals surface area contributed by atoms with Gasteiger partial charge in [-0.05, 0) is 69.5 Å². The summed E-state index contributed by atoms with van der Waals surface area (Å²) in [5.74, 6) is 1.46. The minimum absolute atomic E-state index is 0.0504. The van der Waals surface area contributed by atoms with Gasteiger partial charge < -0.3 is 9.64 Å². The number of carbonyl (C=O) groups is 2. The average Bonchev–Trinajstić information content (AvgIpc) is 3.58. The molecule has 0 aromatic heterocycles. The Kier molecular flexibility index (Phi) is 5.93. The van der Waals surface area contributed by atoms with Gasteiger partial charge in [0.2, 0.25) is 5.91 Å². The smallest absolute Gasteiger partial charge is 0.323 e. The summed E-state index contributed by atoms with van der Waals surface area (Å²) in [4.78, 5) is 33.5. The molecule has 6 heteroatoms. The normalized spacial score (nSPS) is 34.6. The minimum Gasteiger partial charge on any atom is -0.460 e. The van der Waals surface area contributed by atoms with Crippen molar-refractivity contribution in [1.82, 2.24) is 14.7 Å². The van der Waals surface area contributed by atoms with Gasteiger partial charge in [0.15, 0.2) is 0 Å². The first kappa shape index (κ1) is 22.5. The molecule has 34 heavy (non-hydrogen) atoms. The van der Waals surface area contributed by atoms with E-state index in [-0.39, 0.29) is 23.5 Å². The number of ether oxygens (including phenoxy) is 1. The Morgan fingerprint density at radius 3 is 2.50 bits per heavy atom. The summed E-state index contributed by atoms with van der Waals surface area (Å²) in [5.41, 5.74) is 1.19. The third-order valence-corrected chi connectivity index (χ3v) is 9.42. The fourth-order valence-corrected chi connectivity index (χ4v) is 7.29. The van der Waals surface area contributed by atoms with E-state index in [4.69, 9.17) is 4.74 Å². The lowest BCUT2D eigenvalue weighted by molar-refractivity contribution is -0.153. The number of hydrogen-bond acceptors (Lipinski definition) is 5. The number of amides is 1. The highest BCUT2D eigenvalue weighted by atomic mass is 16.5. The van der Waals surface area contributed by atoms with Crippen LogP contribution in [0.2, 0.25) is 0 Å². The van der Waals surface area contributed by atoms with Crippen LogP contribution < -0.4 is 0 Å². The molecule has 0 bridgehead atoms. The molecule has 1 aromatic rings. The Bertz CT molecular complexity index is 913. The maximum absolute atomic E-state index is 13.4. The molecule has 3 saturated heterocycles. The Hall–Kier alpha value is -1.92. The number of hydrogen-bond donors (Lipinski definition) is 0. The summed E-state index contributed by atoms with van der Waals surface area (Å²) in [6.07, 6.45) is 9.40. The topological polar surface area (TPSA) is 52.9 Å². The summed E-state index contributed by atoms with van der Waals surface area (Å²) < 4.78 is 5.87. The zero-order valence-corrected chi connectivity index (χ0v) is 20.5. The SMILES string of the molecule is CN1[C@H](C2CC2)[C@@H]1C(=O)N1CC[C@]2(CCN([C@H](C(=O)OCc3ccccc3)C3CCCC3)C2)C1. The first-order chi connectivity index (χ1) is 16.5. The van der Waals surface area contributed by atoms with Gasteiger partial charge in [0.25, 0.3) is 0 Å². The van der Waals surface area contributed by atoms with Crippen LogP contribution in [0.15, 0.2) is 30.3 Å². The summed E-state index contributed by atoms with van der Waals surface area (Å²) in [6.45, 7) is 3.95. The van der Waals surface area contributed by atoms with Crippen LogP contribution in [0.4, 0.5) is 0 Å². The van der Waals surface area contributed by atoms with E-state index in [1.165, 1.54) is 25.7 Å². The van der Waals surface area contributed by atoms with Crippen molar-refractivity contribution in [3.05, 3.63) is 35.9 Å². The molecule has 2 saturated carbocycles. The Balaban J connectivity index is 1.09.